The normalized spacial score (nSPS) is 17.3. The molecule has 2 aromatic carbocycles. The van der Waals surface area contributed by atoms with Gasteiger partial charge in [-0.1, -0.05) is 66.7 Å². The SMILES string of the molecule is O=C(/C=C/c1ccccc1)C1=C(O)C(=O)N(CCO)[C@H]1c1ccccc1. The predicted octanol–water partition coefficient (Wildman–Crippen LogP) is 2.66. The topological polar surface area (TPSA) is 77.8 Å². The van der Waals surface area contributed by atoms with Crippen molar-refractivity contribution in [2.24, 2.45) is 0 Å². The van der Waals surface area contributed by atoms with E-state index < -0.39 is 23.5 Å². The molecule has 1 aliphatic rings. The van der Waals surface area contributed by atoms with E-state index in [1.807, 2.05) is 36.4 Å². The number of carbonyl (C=O) groups is 2. The number of β-amino-alcohol motifs (C(OH)–C–C–N with tert-alkyl or cyclic N) is 1. The number of amides is 1. The maximum Gasteiger partial charge on any atom is 0.290 e. The van der Waals surface area contributed by atoms with Crippen LogP contribution in [0, 0.1) is 0 Å². The van der Waals surface area contributed by atoms with Gasteiger partial charge >= 0.3 is 0 Å². The Morgan fingerprint density at radius 3 is 2.27 bits per heavy atom. The molecule has 132 valence electrons. The number of ketones is 1. The summed E-state index contributed by atoms with van der Waals surface area (Å²) < 4.78 is 0. The molecule has 1 heterocycles. The first kappa shape index (κ1) is 17.6. The minimum atomic E-state index is -0.719. The van der Waals surface area contributed by atoms with Gasteiger partial charge in [-0.05, 0) is 17.2 Å². The van der Waals surface area contributed by atoms with E-state index in [4.69, 9.17) is 0 Å². The molecule has 1 amide bonds. The summed E-state index contributed by atoms with van der Waals surface area (Å²) in [5.74, 6) is -1.65. The smallest absolute Gasteiger partial charge is 0.290 e. The molecular weight excluding hydrogens is 330 g/mol. The Morgan fingerprint density at radius 1 is 1.04 bits per heavy atom. The van der Waals surface area contributed by atoms with E-state index >= 15 is 0 Å². The van der Waals surface area contributed by atoms with Crippen LogP contribution >= 0.6 is 0 Å². The molecule has 2 aromatic rings. The van der Waals surface area contributed by atoms with Crippen molar-refractivity contribution in [2.45, 2.75) is 6.04 Å². The van der Waals surface area contributed by atoms with E-state index in [2.05, 4.69) is 0 Å². The van der Waals surface area contributed by atoms with Crippen molar-refractivity contribution >= 4 is 17.8 Å². The average Bonchev–Trinajstić information content (AvgIpc) is 2.93. The third-order valence-corrected chi connectivity index (χ3v) is 4.25. The fourth-order valence-electron chi connectivity index (χ4n) is 3.05. The van der Waals surface area contributed by atoms with Gasteiger partial charge in [0.25, 0.3) is 5.91 Å². The fourth-order valence-corrected chi connectivity index (χ4v) is 3.05. The molecule has 1 aliphatic heterocycles. The van der Waals surface area contributed by atoms with Crippen LogP contribution in [0.15, 0.2) is 78.1 Å². The number of hydrogen-bond donors (Lipinski definition) is 2. The summed E-state index contributed by atoms with van der Waals surface area (Å²) in [5.41, 5.74) is 1.57. The Hall–Kier alpha value is -3.18. The summed E-state index contributed by atoms with van der Waals surface area (Å²) in [6, 6.07) is 17.6. The number of hydrogen-bond acceptors (Lipinski definition) is 4. The third kappa shape index (κ3) is 3.43. The molecule has 5 nitrogen and oxygen atoms in total. The van der Waals surface area contributed by atoms with Crippen molar-refractivity contribution in [3.05, 3.63) is 89.2 Å². The standard InChI is InChI=1S/C21H19NO4/c23-14-13-22-19(16-9-5-2-6-10-16)18(20(25)21(22)26)17(24)12-11-15-7-3-1-4-8-15/h1-12,19,23,25H,13-14H2/b12-11+/t19-/m0/s1. The van der Waals surface area contributed by atoms with E-state index in [0.717, 1.165) is 5.56 Å². The summed E-state index contributed by atoms with van der Waals surface area (Å²) in [6.07, 6.45) is 3.00. The van der Waals surface area contributed by atoms with Crippen molar-refractivity contribution in [3.8, 4) is 0 Å². The second-order valence-corrected chi connectivity index (χ2v) is 5.91. The van der Waals surface area contributed by atoms with Crippen LogP contribution in [0.5, 0.6) is 0 Å². The van der Waals surface area contributed by atoms with Crippen molar-refractivity contribution < 1.29 is 19.8 Å². The number of allylic oxidation sites excluding steroid dienone is 1. The molecule has 5 heteroatoms. The molecule has 0 aromatic heterocycles. The molecule has 0 spiro atoms. The lowest BCUT2D eigenvalue weighted by Crippen LogP contribution is -2.33. The van der Waals surface area contributed by atoms with Crippen LogP contribution < -0.4 is 0 Å². The van der Waals surface area contributed by atoms with Gasteiger partial charge in [-0.25, -0.2) is 0 Å². The van der Waals surface area contributed by atoms with Crippen molar-refractivity contribution in [1.29, 1.82) is 0 Å². The maximum atomic E-state index is 12.8. The van der Waals surface area contributed by atoms with Crippen LogP contribution in [0.2, 0.25) is 0 Å². The third-order valence-electron chi connectivity index (χ3n) is 4.25. The van der Waals surface area contributed by atoms with Gasteiger partial charge < -0.3 is 15.1 Å². The zero-order chi connectivity index (χ0) is 18.5. The molecule has 0 radical (unpaired) electrons. The molecule has 1 atom stereocenters. The summed E-state index contributed by atoms with van der Waals surface area (Å²) in [6.45, 7) is -0.231. The minimum absolute atomic E-state index is 0.0294. The number of benzene rings is 2. The highest BCUT2D eigenvalue weighted by Crippen LogP contribution is 2.37. The highest BCUT2D eigenvalue weighted by molar-refractivity contribution is 6.14. The van der Waals surface area contributed by atoms with Gasteiger partial charge in [0.15, 0.2) is 11.5 Å². The molecule has 2 N–H and O–H groups in total. The first-order chi connectivity index (χ1) is 12.6. The molecule has 0 saturated heterocycles. The summed E-state index contributed by atoms with van der Waals surface area (Å²) in [4.78, 5) is 26.5. The Kier molecular flexibility index (Phi) is 5.29. The summed E-state index contributed by atoms with van der Waals surface area (Å²) in [7, 11) is 0. The number of nitrogens with zero attached hydrogens (tertiary/aromatic N) is 1. The molecule has 0 bridgehead atoms. The van der Waals surface area contributed by atoms with Crippen LogP contribution in [-0.4, -0.2) is 40.0 Å². The second kappa shape index (κ2) is 7.80. The fraction of sp³-hybridized carbons (Fsp3) is 0.143. The highest BCUT2D eigenvalue weighted by atomic mass is 16.3. The molecule has 26 heavy (non-hydrogen) atoms. The van der Waals surface area contributed by atoms with E-state index in [-0.39, 0.29) is 18.7 Å². The van der Waals surface area contributed by atoms with Crippen molar-refractivity contribution in [2.75, 3.05) is 13.2 Å². The monoisotopic (exact) mass is 349 g/mol. The molecule has 0 aliphatic carbocycles. The Labute approximate surface area is 151 Å². The van der Waals surface area contributed by atoms with Crippen LogP contribution in [0.3, 0.4) is 0 Å². The van der Waals surface area contributed by atoms with Crippen molar-refractivity contribution in [1.82, 2.24) is 4.90 Å². The summed E-state index contributed by atoms with van der Waals surface area (Å²) >= 11 is 0. The van der Waals surface area contributed by atoms with E-state index in [0.29, 0.717) is 5.56 Å². The van der Waals surface area contributed by atoms with Gasteiger partial charge in [-0.3, -0.25) is 9.59 Å². The highest BCUT2D eigenvalue weighted by Gasteiger charge is 2.42. The Morgan fingerprint density at radius 2 is 1.65 bits per heavy atom. The number of carbonyl (C=O) groups excluding carboxylic acids is 2. The number of rotatable bonds is 6. The van der Waals surface area contributed by atoms with Crippen LogP contribution in [-0.2, 0) is 9.59 Å². The van der Waals surface area contributed by atoms with Crippen LogP contribution in [0.25, 0.3) is 6.08 Å². The van der Waals surface area contributed by atoms with Gasteiger partial charge in [0.1, 0.15) is 0 Å². The lowest BCUT2D eigenvalue weighted by molar-refractivity contribution is -0.129. The lowest BCUT2D eigenvalue weighted by atomic mass is 9.95. The number of aliphatic hydroxyl groups excluding tert-OH is 2. The van der Waals surface area contributed by atoms with E-state index in [9.17, 15) is 19.8 Å². The molecular formula is C21H19NO4. The first-order valence-corrected chi connectivity index (χ1v) is 8.31. The Bertz CT molecular complexity index is 856. The Balaban J connectivity index is 1.97. The van der Waals surface area contributed by atoms with Gasteiger partial charge in [-0.15, -0.1) is 0 Å². The summed E-state index contributed by atoms with van der Waals surface area (Å²) in [5, 5.41) is 19.6. The first-order valence-electron chi connectivity index (χ1n) is 8.31. The van der Waals surface area contributed by atoms with Gasteiger partial charge in [0.2, 0.25) is 0 Å². The van der Waals surface area contributed by atoms with Gasteiger partial charge in [0.05, 0.1) is 18.2 Å². The maximum absolute atomic E-state index is 12.8. The van der Waals surface area contributed by atoms with Gasteiger partial charge in [-0.2, -0.15) is 0 Å². The second-order valence-electron chi connectivity index (χ2n) is 5.91. The zero-order valence-corrected chi connectivity index (χ0v) is 14.1. The molecule has 0 fully saturated rings. The lowest BCUT2D eigenvalue weighted by Gasteiger charge is -2.25. The van der Waals surface area contributed by atoms with Crippen molar-refractivity contribution in [3.63, 3.8) is 0 Å². The average molecular weight is 349 g/mol. The largest absolute Gasteiger partial charge is 0.503 e. The molecule has 3 rings (SSSR count). The minimum Gasteiger partial charge on any atom is -0.503 e. The predicted molar refractivity (Wildman–Crippen MR) is 98.1 cm³/mol. The number of aliphatic hydroxyl groups is 2. The molecule has 0 unspecified atom stereocenters. The molecule has 0 saturated carbocycles. The van der Waals surface area contributed by atoms with E-state index in [1.165, 1.54) is 11.0 Å². The zero-order valence-electron chi connectivity index (χ0n) is 14.1. The van der Waals surface area contributed by atoms with E-state index in [1.54, 1.807) is 30.3 Å². The quantitative estimate of drug-likeness (QED) is 0.786. The van der Waals surface area contributed by atoms with Gasteiger partial charge in [0, 0.05) is 6.54 Å². The van der Waals surface area contributed by atoms with Crippen LogP contribution in [0.4, 0.5) is 0 Å². The van der Waals surface area contributed by atoms with Crippen LogP contribution in [0.1, 0.15) is 17.2 Å².